The van der Waals surface area contributed by atoms with E-state index in [9.17, 15) is 0 Å². The van der Waals surface area contributed by atoms with Gasteiger partial charge in [-0.15, -0.1) is 0 Å². The first-order valence-electron chi connectivity index (χ1n) is 7.77. The lowest BCUT2D eigenvalue weighted by Crippen LogP contribution is -2.30. The van der Waals surface area contributed by atoms with E-state index >= 15 is 0 Å². The molecule has 2 N–H and O–H groups in total. The van der Waals surface area contributed by atoms with E-state index in [0.29, 0.717) is 0 Å². The molecule has 0 heterocycles. The van der Waals surface area contributed by atoms with E-state index < -0.39 is 0 Å². The number of nitrogens with zero attached hydrogens (tertiary/aromatic N) is 1. The Morgan fingerprint density at radius 2 is 1.63 bits per heavy atom. The van der Waals surface area contributed by atoms with Gasteiger partial charge in [0, 0.05) is 24.8 Å². The van der Waals surface area contributed by atoms with Crippen LogP contribution in [-0.2, 0) is 0 Å². The van der Waals surface area contributed by atoms with Gasteiger partial charge >= 0.3 is 0 Å². The lowest BCUT2D eigenvalue weighted by molar-refractivity contribution is 0.485. The Balaban J connectivity index is 2.97. The maximum atomic E-state index is 6.26. The molecule has 0 radical (unpaired) electrons. The molecule has 0 amide bonds. The van der Waals surface area contributed by atoms with Crippen molar-refractivity contribution in [2.45, 2.75) is 53.0 Å². The number of para-hydroxylation sites is 1. The lowest BCUT2D eigenvalue weighted by Gasteiger charge is -2.30. The summed E-state index contributed by atoms with van der Waals surface area (Å²) in [5.41, 5.74) is 8.87. The Hall–Kier alpha value is -1.02. The molecule has 0 spiro atoms. The van der Waals surface area contributed by atoms with Gasteiger partial charge in [0.15, 0.2) is 0 Å². The number of anilines is 1. The molecule has 0 aliphatic carbocycles. The zero-order valence-electron chi connectivity index (χ0n) is 13.0. The average molecular weight is 262 g/mol. The van der Waals surface area contributed by atoms with Gasteiger partial charge in [0.25, 0.3) is 0 Å². The summed E-state index contributed by atoms with van der Waals surface area (Å²) in [4.78, 5) is 2.49. The van der Waals surface area contributed by atoms with Gasteiger partial charge in [-0.2, -0.15) is 0 Å². The first-order valence-corrected chi connectivity index (χ1v) is 7.77. The first-order chi connectivity index (χ1) is 9.17. The molecule has 1 rings (SSSR count). The van der Waals surface area contributed by atoms with Gasteiger partial charge in [-0.3, -0.25) is 0 Å². The minimum Gasteiger partial charge on any atom is -0.371 e. The molecule has 1 aromatic rings. The van der Waals surface area contributed by atoms with Crippen molar-refractivity contribution in [3.63, 3.8) is 0 Å². The highest BCUT2D eigenvalue weighted by Crippen LogP contribution is 2.28. The normalized spacial score (nSPS) is 12.7. The second-order valence-corrected chi connectivity index (χ2v) is 5.29. The second-order valence-electron chi connectivity index (χ2n) is 5.29. The topological polar surface area (TPSA) is 29.3 Å². The quantitative estimate of drug-likeness (QED) is 0.754. The van der Waals surface area contributed by atoms with Crippen molar-refractivity contribution in [2.75, 3.05) is 18.0 Å². The molecule has 108 valence electrons. The molecule has 1 aromatic carbocycles. The predicted molar refractivity (Wildman–Crippen MR) is 85.6 cm³/mol. The molecule has 1 atom stereocenters. The fourth-order valence-electron chi connectivity index (χ4n) is 2.57. The van der Waals surface area contributed by atoms with Gasteiger partial charge < -0.3 is 10.6 Å². The molecule has 0 bridgehead atoms. The van der Waals surface area contributed by atoms with E-state index in [1.54, 1.807) is 0 Å². The van der Waals surface area contributed by atoms with Crippen LogP contribution in [0.1, 0.15) is 58.6 Å². The zero-order chi connectivity index (χ0) is 14.3. The summed E-state index contributed by atoms with van der Waals surface area (Å²) in [6.45, 7) is 11.1. The van der Waals surface area contributed by atoms with E-state index in [1.165, 1.54) is 24.1 Å². The Morgan fingerprint density at radius 3 is 2.16 bits per heavy atom. The van der Waals surface area contributed by atoms with Gasteiger partial charge in [-0.25, -0.2) is 0 Å². The van der Waals surface area contributed by atoms with Crippen molar-refractivity contribution >= 4 is 5.69 Å². The molecule has 0 fully saturated rings. The summed E-state index contributed by atoms with van der Waals surface area (Å²) in [6.07, 6.45) is 3.48. The van der Waals surface area contributed by atoms with Crippen LogP contribution in [0.5, 0.6) is 0 Å². The number of hydrogen-bond donors (Lipinski definition) is 1. The first kappa shape index (κ1) is 16.0. The summed E-state index contributed by atoms with van der Waals surface area (Å²) < 4.78 is 0. The Morgan fingerprint density at radius 1 is 1.00 bits per heavy atom. The molecular weight excluding hydrogens is 232 g/mol. The summed E-state index contributed by atoms with van der Waals surface area (Å²) in [5.74, 6) is 0.769. The Labute approximate surface area is 119 Å². The highest BCUT2D eigenvalue weighted by molar-refractivity contribution is 5.55. The van der Waals surface area contributed by atoms with Crippen LogP contribution in [0.15, 0.2) is 24.3 Å². The largest absolute Gasteiger partial charge is 0.371 e. The summed E-state index contributed by atoms with van der Waals surface area (Å²) >= 11 is 0. The van der Waals surface area contributed by atoms with Crippen LogP contribution < -0.4 is 10.6 Å². The van der Waals surface area contributed by atoms with Gasteiger partial charge in [0.1, 0.15) is 0 Å². The number of benzene rings is 1. The smallest absolute Gasteiger partial charge is 0.0414 e. The number of nitrogens with two attached hydrogens (primary N) is 1. The van der Waals surface area contributed by atoms with Gasteiger partial charge in [-0.1, -0.05) is 51.8 Å². The Bertz CT molecular complexity index is 358. The van der Waals surface area contributed by atoms with E-state index in [-0.39, 0.29) is 6.04 Å². The van der Waals surface area contributed by atoms with E-state index in [1.807, 2.05) is 0 Å². The Kier molecular flexibility index (Phi) is 6.93. The summed E-state index contributed by atoms with van der Waals surface area (Å²) in [6, 6.07) is 8.76. The van der Waals surface area contributed by atoms with E-state index in [4.69, 9.17) is 5.73 Å². The van der Waals surface area contributed by atoms with Crippen molar-refractivity contribution in [3.8, 4) is 0 Å². The van der Waals surface area contributed by atoms with Crippen LogP contribution in [0.3, 0.4) is 0 Å². The van der Waals surface area contributed by atoms with Crippen LogP contribution >= 0.6 is 0 Å². The fraction of sp³-hybridized carbons (Fsp3) is 0.647. The van der Waals surface area contributed by atoms with Crippen molar-refractivity contribution < 1.29 is 0 Å². The average Bonchev–Trinajstić information content (AvgIpc) is 2.48. The lowest BCUT2D eigenvalue weighted by atomic mass is 9.99. The maximum absolute atomic E-state index is 6.26. The highest BCUT2D eigenvalue weighted by atomic mass is 15.1. The predicted octanol–water partition coefficient (Wildman–Crippen LogP) is 4.36. The molecule has 0 aromatic heterocycles. The fourth-order valence-corrected chi connectivity index (χ4v) is 2.57. The van der Waals surface area contributed by atoms with E-state index in [0.717, 1.165) is 25.4 Å². The van der Waals surface area contributed by atoms with Gasteiger partial charge in [-0.05, 0) is 30.9 Å². The molecule has 2 heteroatoms. The van der Waals surface area contributed by atoms with Crippen molar-refractivity contribution in [3.05, 3.63) is 29.8 Å². The molecular formula is C17H30N2. The monoisotopic (exact) mass is 262 g/mol. The standard InChI is InChI=1S/C17H30N2/c1-5-14(6-2)13-19(8-4)17-12-10-9-11-15(17)16(18)7-3/h9-12,14,16H,5-8,13,18H2,1-4H3. The summed E-state index contributed by atoms with van der Waals surface area (Å²) in [5, 5.41) is 0. The van der Waals surface area contributed by atoms with Crippen LogP contribution in [0.25, 0.3) is 0 Å². The SMILES string of the molecule is CCC(CC)CN(CC)c1ccccc1C(N)CC. The molecule has 0 aliphatic rings. The number of hydrogen-bond acceptors (Lipinski definition) is 2. The molecule has 2 nitrogen and oxygen atoms in total. The van der Waals surface area contributed by atoms with Crippen LogP contribution in [0.4, 0.5) is 5.69 Å². The van der Waals surface area contributed by atoms with Gasteiger partial charge in [0.05, 0.1) is 0 Å². The van der Waals surface area contributed by atoms with Crippen molar-refractivity contribution in [1.29, 1.82) is 0 Å². The van der Waals surface area contributed by atoms with Gasteiger partial charge in [0.2, 0.25) is 0 Å². The zero-order valence-corrected chi connectivity index (χ0v) is 13.0. The molecule has 0 aliphatic heterocycles. The minimum atomic E-state index is 0.145. The third-order valence-electron chi connectivity index (χ3n) is 4.13. The van der Waals surface area contributed by atoms with Crippen LogP contribution in [-0.4, -0.2) is 13.1 Å². The summed E-state index contributed by atoms with van der Waals surface area (Å²) in [7, 11) is 0. The third-order valence-corrected chi connectivity index (χ3v) is 4.13. The number of rotatable bonds is 8. The molecule has 0 saturated heterocycles. The maximum Gasteiger partial charge on any atom is 0.0414 e. The van der Waals surface area contributed by atoms with Crippen LogP contribution in [0, 0.1) is 5.92 Å². The third kappa shape index (κ3) is 4.24. The van der Waals surface area contributed by atoms with Crippen LogP contribution in [0.2, 0.25) is 0 Å². The molecule has 0 saturated carbocycles. The van der Waals surface area contributed by atoms with E-state index in [2.05, 4.69) is 56.9 Å². The highest BCUT2D eigenvalue weighted by Gasteiger charge is 2.16. The van der Waals surface area contributed by atoms with Crippen molar-refractivity contribution in [1.82, 2.24) is 0 Å². The molecule has 19 heavy (non-hydrogen) atoms. The van der Waals surface area contributed by atoms with Crippen molar-refractivity contribution in [2.24, 2.45) is 11.7 Å². The second kappa shape index (κ2) is 8.21. The molecule has 1 unspecified atom stereocenters. The minimum absolute atomic E-state index is 0.145.